The standard InChI is InChI=1S/C19H15BrN4O3S2/c1-24-7-11(6-21-24)17-23-15(10-29-17)19(25)27-8-13-9-28-18(22-13)14-5-12(20)3-4-16(14)26-2/h3-7,9-10H,8H2,1-2H3. The largest absolute Gasteiger partial charge is 0.496 e. The van der Waals surface area contributed by atoms with E-state index in [0.29, 0.717) is 5.69 Å². The third kappa shape index (κ3) is 4.39. The van der Waals surface area contributed by atoms with E-state index in [4.69, 9.17) is 9.47 Å². The highest BCUT2D eigenvalue weighted by Gasteiger charge is 2.16. The third-order valence-electron chi connectivity index (χ3n) is 3.96. The SMILES string of the molecule is COc1ccc(Br)cc1-c1nc(COC(=O)c2csc(-c3cnn(C)c3)n2)cs1. The Hall–Kier alpha value is -2.56. The van der Waals surface area contributed by atoms with Crippen LogP contribution in [0.1, 0.15) is 16.2 Å². The van der Waals surface area contributed by atoms with Gasteiger partial charge in [-0.25, -0.2) is 14.8 Å². The number of aromatic nitrogens is 4. The number of hydrogen-bond donors (Lipinski definition) is 0. The Morgan fingerprint density at radius 3 is 2.79 bits per heavy atom. The van der Waals surface area contributed by atoms with E-state index in [0.717, 1.165) is 31.4 Å². The van der Waals surface area contributed by atoms with Crippen LogP contribution in [0.15, 0.2) is 45.8 Å². The summed E-state index contributed by atoms with van der Waals surface area (Å²) in [6.07, 6.45) is 3.56. The average Bonchev–Trinajstić information content (AvgIpc) is 3.46. The van der Waals surface area contributed by atoms with E-state index < -0.39 is 5.97 Å². The lowest BCUT2D eigenvalue weighted by Gasteiger charge is -2.06. The maximum atomic E-state index is 12.3. The van der Waals surface area contributed by atoms with Crippen molar-refractivity contribution in [2.75, 3.05) is 7.11 Å². The van der Waals surface area contributed by atoms with Gasteiger partial charge in [0, 0.05) is 34.0 Å². The first-order chi connectivity index (χ1) is 14.0. The Balaban J connectivity index is 1.43. The molecule has 4 aromatic rings. The molecule has 0 aliphatic rings. The molecule has 0 saturated heterocycles. The Morgan fingerprint density at radius 2 is 2.03 bits per heavy atom. The van der Waals surface area contributed by atoms with Gasteiger partial charge in [0.15, 0.2) is 5.69 Å². The molecule has 1 aromatic carbocycles. The third-order valence-corrected chi connectivity index (χ3v) is 6.27. The van der Waals surface area contributed by atoms with Crippen molar-refractivity contribution < 1.29 is 14.3 Å². The number of esters is 1. The van der Waals surface area contributed by atoms with Crippen LogP contribution in [-0.2, 0) is 18.4 Å². The minimum atomic E-state index is -0.481. The zero-order chi connectivity index (χ0) is 20.4. The summed E-state index contributed by atoms with van der Waals surface area (Å²) in [5.41, 5.74) is 2.69. The Kier molecular flexibility index (Phi) is 5.74. The molecule has 29 heavy (non-hydrogen) atoms. The fraction of sp³-hybridized carbons (Fsp3) is 0.158. The molecule has 4 rings (SSSR count). The number of carbonyl (C=O) groups is 1. The van der Waals surface area contributed by atoms with Crippen LogP contribution in [0.5, 0.6) is 5.75 Å². The molecular weight excluding hydrogens is 476 g/mol. The van der Waals surface area contributed by atoms with Gasteiger partial charge in [-0.05, 0) is 18.2 Å². The van der Waals surface area contributed by atoms with Crippen LogP contribution in [0, 0.1) is 0 Å². The summed E-state index contributed by atoms with van der Waals surface area (Å²) >= 11 is 6.31. The summed E-state index contributed by atoms with van der Waals surface area (Å²) in [6, 6.07) is 5.73. The van der Waals surface area contributed by atoms with Gasteiger partial charge in [-0.3, -0.25) is 4.68 Å². The molecule has 0 N–H and O–H groups in total. The number of benzene rings is 1. The number of rotatable bonds is 6. The lowest BCUT2D eigenvalue weighted by atomic mass is 10.2. The molecule has 0 aliphatic carbocycles. The van der Waals surface area contributed by atoms with Crippen LogP contribution >= 0.6 is 38.6 Å². The maximum absolute atomic E-state index is 12.3. The van der Waals surface area contributed by atoms with Gasteiger partial charge in [-0.1, -0.05) is 15.9 Å². The van der Waals surface area contributed by atoms with Crippen LogP contribution in [0.2, 0.25) is 0 Å². The summed E-state index contributed by atoms with van der Waals surface area (Å²) in [4.78, 5) is 21.2. The van der Waals surface area contributed by atoms with E-state index >= 15 is 0 Å². The topological polar surface area (TPSA) is 79.1 Å². The van der Waals surface area contributed by atoms with Crippen molar-refractivity contribution >= 4 is 44.6 Å². The van der Waals surface area contributed by atoms with Crippen molar-refractivity contribution in [3.8, 4) is 26.9 Å². The molecular formula is C19H15BrN4O3S2. The molecule has 0 aliphatic heterocycles. The highest BCUT2D eigenvalue weighted by molar-refractivity contribution is 9.10. The summed E-state index contributed by atoms with van der Waals surface area (Å²) < 4.78 is 13.4. The highest BCUT2D eigenvalue weighted by atomic mass is 79.9. The van der Waals surface area contributed by atoms with Gasteiger partial charge in [-0.15, -0.1) is 22.7 Å². The van der Waals surface area contributed by atoms with Gasteiger partial charge in [0.25, 0.3) is 0 Å². The summed E-state index contributed by atoms with van der Waals surface area (Å²) in [6.45, 7) is 0.0748. The second-order valence-corrected chi connectivity index (χ2v) is 8.64. The second-order valence-electron chi connectivity index (χ2n) is 6.01. The van der Waals surface area contributed by atoms with Crippen LogP contribution in [0.3, 0.4) is 0 Å². The van der Waals surface area contributed by atoms with E-state index in [2.05, 4.69) is 31.0 Å². The number of halogens is 1. The van der Waals surface area contributed by atoms with Crippen LogP contribution < -0.4 is 4.74 Å². The molecule has 0 unspecified atom stereocenters. The fourth-order valence-corrected chi connectivity index (χ4v) is 4.54. The zero-order valence-electron chi connectivity index (χ0n) is 15.5. The number of hydrogen-bond acceptors (Lipinski definition) is 8. The zero-order valence-corrected chi connectivity index (χ0v) is 18.7. The Morgan fingerprint density at radius 1 is 1.21 bits per heavy atom. The average molecular weight is 491 g/mol. The van der Waals surface area contributed by atoms with Crippen molar-refractivity contribution in [2.24, 2.45) is 7.05 Å². The quantitative estimate of drug-likeness (QED) is 0.361. The smallest absolute Gasteiger partial charge is 0.358 e. The van der Waals surface area contributed by atoms with E-state index in [-0.39, 0.29) is 12.3 Å². The number of ether oxygens (including phenoxy) is 2. The molecule has 0 amide bonds. The molecule has 0 saturated carbocycles. The fourth-order valence-electron chi connectivity index (χ4n) is 2.59. The number of carbonyl (C=O) groups excluding carboxylic acids is 1. The number of methoxy groups -OCH3 is 1. The van der Waals surface area contributed by atoms with Gasteiger partial charge in [0.1, 0.15) is 22.4 Å². The van der Waals surface area contributed by atoms with E-state index in [9.17, 15) is 4.79 Å². The predicted molar refractivity (Wildman–Crippen MR) is 115 cm³/mol. The number of nitrogens with zero attached hydrogens (tertiary/aromatic N) is 4. The van der Waals surface area contributed by atoms with E-state index in [1.165, 1.54) is 22.7 Å². The molecule has 0 fully saturated rings. The van der Waals surface area contributed by atoms with Crippen LogP contribution in [0.25, 0.3) is 21.1 Å². The van der Waals surface area contributed by atoms with Crippen molar-refractivity contribution in [1.29, 1.82) is 0 Å². The first-order valence-corrected chi connectivity index (χ1v) is 11.0. The summed E-state index contributed by atoms with van der Waals surface area (Å²) in [7, 11) is 3.45. The van der Waals surface area contributed by atoms with Crippen molar-refractivity contribution in [3.05, 3.63) is 57.2 Å². The molecule has 0 radical (unpaired) electrons. The second kappa shape index (κ2) is 8.44. The summed E-state index contributed by atoms with van der Waals surface area (Å²) in [5, 5.41) is 9.18. The normalized spacial score (nSPS) is 10.9. The van der Waals surface area contributed by atoms with Gasteiger partial charge in [-0.2, -0.15) is 5.10 Å². The number of thiazole rings is 2. The maximum Gasteiger partial charge on any atom is 0.358 e. The molecule has 3 heterocycles. The lowest BCUT2D eigenvalue weighted by Crippen LogP contribution is -2.05. The molecule has 148 valence electrons. The molecule has 10 heteroatoms. The van der Waals surface area contributed by atoms with Gasteiger partial charge in [0.05, 0.1) is 24.6 Å². The van der Waals surface area contributed by atoms with E-state index in [1.54, 1.807) is 23.4 Å². The van der Waals surface area contributed by atoms with Crippen molar-refractivity contribution in [3.63, 3.8) is 0 Å². The van der Waals surface area contributed by atoms with Crippen molar-refractivity contribution in [2.45, 2.75) is 6.61 Å². The molecule has 3 aromatic heterocycles. The minimum Gasteiger partial charge on any atom is -0.496 e. The monoisotopic (exact) mass is 490 g/mol. The Bertz CT molecular complexity index is 1170. The van der Waals surface area contributed by atoms with Crippen LogP contribution in [-0.4, -0.2) is 32.8 Å². The lowest BCUT2D eigenvalue weighted by molar-refractivity contribution is 0.0462. The molecule has 0 spiro atoms. The predicted octanol–water partition coefficient (Wildman–Crippen LogP) is 4.80. The van der Waals surface area contributed by atoms with E-state index in [1.807, 2.05) is 36.8 Å². The summed E-state index contributed by atoms with van der Waals surface area (Å²) in [5.74, 6) is 0.252. The minimum absolute atomic E-state index is 0.0748. The van der Waals surface area contributed by atoms with Crippen LogP contribution in [0.4, 0.5) is 0 Å². The molecule has 0 atom stereocenters. The van der Waals surface area contributed by atoms with Gasteiger partial charge >= 0.3 is 5.97 Å². The first-order valence-electron chi connectivity index (χ1n) is 8.43. The van der Waals surface area contributed by atoms with Crippen molar-refractivity contribution in [1.82, 2.24) is 19.7 Å². The first kappa shape index (κ1) is 19.7. The van der Waals surface area contributed by atoms with Gasteiger partial charge < -0.3 is 9.47 Å². The van der Waals surface area contributed by atoms with Gasteiger partial charge in [0.2, 0.25) is 0 Å². The number of aryl methyl sites for hydroxylation is 1. The molecule has 7 nitrogen and oxygen atoms in total. The Labute approximate surface area is 183 Å². The molecule has 0 bridgehead atoms. The highest BCUT2D eigenvalue weighted by Crippen LogP contribution is 2.34.